The maximum atomic E-state index is 12.7. The second-order valence-electron chi connectivity index (χ2n) is 6.92. The summed E-state index contributed by atoms with van der Waals surface area (Å²) in [5, 5.41) is 0. The summed E-state index contributed by atoms with van der Waals surface area (Å²) in [6.07, 6.45) is 0.734. The molecule has 2 aromatic rings. The summed E-state index contributed by atoms with van der Waals surface area (Å²) in [6, 6.07) is 15.6. The fraction of sp³-hybridized carbons (Fsp3) is 0.364. The van der Waals surface area contributed by atoms with Crippen LogP contribution in [0.4, 0.5) is 0 Å². The third kappa shape index (κ3) is 4.88. The van der Waals surface area contributed by atoms with E-state index in [1.54, 1.807) is 7.11 Å². The van der Waals surface area contributed by atoms with Crippen molar-refractivity contribution in [3.8, 4) is 5.75 Å². The lowest BCUT2D eigenvalue weighted by Gasteiger charge is -2.35. The van der Waals surface area contributed by atoms with Crippen LogP contribution in [-0.4, -0.2) is 54.9 Å². The Bertz CT molecular complexity index is 796. The third-order valence-electron chi connectivity index (χ3n) is 4.96. The molecule has 1 aliphatic rings. The van der Waals surface area contributed by atoms with Crippen molar-refractivity contribution in [3.63, 3.8) is 0 Å². The molecule has 0 aliphatic carbocycles. The summed E-state index contributed by atoms with van der Waals surface area (Å²) >= 11 is 0. The van der Waals surface area contributed by atoms with Gasteiger partial charge in [0.1, 0.15) is 5.75 Å². The average Bonchev–Trinajstić information content (AvgIpc) is 2.69. The van der Waals surface area contributed by atoms with Crippen molar-refractivity contribution in [2.75, 3.05) is 33.3 Å². The van der Waals surface area contributed by atoms with E-state index in [0.717, 1.165) is 22.4 Å². The van der Waals surface area contributed by atoms with Crippen LogP contribution in [0.2, 0.25) is 0 Å². The average molecular weight is 366 g/mol. The van der Waals surface area contributed by atoms with Gasteiger partial charge in [0.15, 0.2) is 0 Å². The molecule has 5 nitrogen and oxygen atoms in total. The Kier molecular flexibility index (Phi) is 6.12. The first-order chi connectivity index (χ1) is 13.1. The zero-order valence-corrected chi connectivity index (χ0v) is 16.0. The Morgan fingerprint density at radius 3 is 2.07 bits per heavy atom. The van der Waals surface area contributed by atoms with Gasteiger partial charge in [-0.3, -0.25) is 9.59 Å². The number of amides is 2. The summed E-state index contributed by atoms with van der Waals surface area (Å²) in [4.78, 5) is 28.8. The van der Waals surface area contributed by atoms with E-state index in [9.17, 15) is 9.59 Å². The zero-order chi connectivity index (χ0) is 19.2. The molecule has 0 unspecified atom stereocenters. The van der Waals surface area contributed by atoms with E-state index >= 15 is 0 Å². The van der Waals surface area contributed by atoms with E-state index in [0.29, 0.717) is 39.0 Å². The quantitative estimate of drug-likeness (QED) is 0.817. The number of carbonyl (C=O) groups is 2. The van der Waals surface area contributed by atoms with Crippen LogP contribution in [-0.2, 0) is 22.4 Å². The number of methoxy groups -OCH3 is 1. The molecular formula is C22H26N2O3. The van der Waals surface area contributed by atoms with E-state index in [2.05, 4.69) is 0 Å². The van der Waals surface area contributed by atoms with E-state index < -0.39 is 0 Å². The van der Waals surface area contributed by atoms with Crippen molar-refractivity contribution in [2.24, 2.45) is 0 Å². The van der Waals surface area contributed by atoms with E-state index in [1.165, 1.54) is 0 Å². The van der Waals surface area contributed by atoms with Crippen molar-refractivity contribution >= 4 is 11.8 Å². The predicted octanol–water partition coefficient (Wildman–Crippen LogP) is 2.46. The molecular weight excluding hydrogens is 340 g/mol. The number of benzene rings is 2. The normalized spacial score (nSPS) is 14.1. The first kappa shape index (κ1) is 19.0. The van der Waals surface area contributed by atoms with Crippen LogP contribution in [0.25, 0.3) is 0 Å². The first-order valence-electron chi connectivity index (χ1n) is 9.30. The molecule has 0 atom stereocenters. The van der Waals surface area contributed by atoms with Crippen LogP contribution in [0.15, 0.2) is 48.5 Å². The molecule has 1 saturated heterocycles. The van der Waals surface area contributed by atoms with Gasteiger partial charge < -0.3 is 14.5 Å². The van der Waals surface area contributed by atoms with Crippen LogP contribution in [0.1, 0.15) is 16.7 Å². The van der Waals surface area contributed by atoms with Crippen molar-refractivity contribution in [1.29, 1.82) is 0 Å². The highest BCUT2D eigenvalue weighted by atomic mass is 16.5. The van der Waals surface area contributed by atoms with Crippen molar-refractivity contribution in [3.05, 3.63) is 65.2 Å². The number of rotatable bonds is 5. The van der Waals surface area contributed by atoms with Gasteiger partial charge in [0.25, 0.3) is 0 Å². The number of hydrogen-bond donors (Lipinski definition) is 0. The topological polar surface area (TPSA) is 49.9 Å². The smallest absolute Gasteiger partial charge is 0.227 e. The number of hydrogen-bond acceptors (Lipinski definition) is 3. The summed E-state index contributed by atoms with van der Waals surface area (Å²) in [5.41, 5.74) is 3.03. The predicted molar refractivity (Wildman–Crippen MR) is 105 cm³/mol. The lowest BCUT2D eigenvalue weighted by atomic mass is 10.1. The molecule has 0 aromatic heterocycles. The molecule has 0 saturated carbocycles. The van der Waals surface area contributed by atoms with E-state index in [-0.39, 0.29) is 11.8 Å². The van der Waals surface area contributed by atoms with Gasteiger partial charge in [-0.2, -0.15) is 0 Å². The minimum absolute atomic E-state index is 0.0778. The molecule has 5 heteroatoms. The lowest BCUT2D eigenvalue weighted by Crippen LogP contribution is -2.51. The molecule has 1 heterocycles. The fourth-order valence-corrected chi connectivity index (χ4v) is 3.41. The molecule has 2 aromatic carbocycles. The monoisotopic (exact) mass is 366 g/mol. The van der Waals surface area contributed by atoms with Crippen LogP contribution >= 0.6 is 0 Å². The molecule has 27 heavy (non-hydrogen) atoms. The first-order valence-corrected chi connectivity index (χ1v) is 9.30. The molecule has 2 amide bonds. The maximum Gasteiger partial charge on any atom is 0.227 e. The maximum absolute atomic E-state index is 12.7. The van der Waals surface area contributed by atoms with Crippen molar-refractivity contribution in [2.45, 2.75) is 19.8 Å². The molecule has 142 valence electrons. The van der Waals surface area contributed by atoms with Gasteiger partial charge in [-0.05, 0) is 18.6 Å². The van der Waals surface area contributed by atoms with E-state index in [1.807, 2.05) is 65.3 Å². The third-order valence-corrected chi connectivity index (χ3v) is 4.96. The van der Waals surface area contributed by atoms with Gasteiger partial charge >= 0.3 is 0 Å². The Labute approximate surface area is 160 Å². The SMILES string of the molecule is COc1ccc(C)cc1CC(=O)N1CCN(C(=O)Cc2ccccc2)CC1. The van der Waals surface area contributed by atoms with Crippen LogP contribution in [0.3, 0.4) is 0 Å². The van der Waals surface area contributed by atoms with Gasteiger partial charge in [0, 0.05) is 31.7 Å². The summed E-state index contributed by atoms with van der Waals surface area (Å²) in [6.45, 7) is 4.33. The standard InChI is InChI=1S/C22H26N2O3/c1-17-8-9-20(27-2)19(14-17)16-22(26)24-12-10-23(11-13-24)21(25)15-18-6-4-3-5-7-18/h3-9,14H,10-13,15-16H2,1-2H3. The molecule has 0 N–H and O–H groups in total. The van der Waals surface area contributed by atoms with Gasteiger partial charge in [-0.15, -0.1) is 0 Å². The number of ether oxygens (including phenoxy) is 1. The molecule has 1 fully saturated rings. The van der Waals surface area contributed by atoms with Crippen molar-refractivity contribution < 1.29 is 14.3 Å². The number of nitrogens with zero attached hydrogens (tertiary/aromatic N) is 2. The van der Waals surface area contributed by atoms with Crippen molar-refractivity contribution in [1.82, 2.24) is 9.80 Å². The number of piperazine rings is 1. The Morgan fingerprint density at radius 2 is 1.48 bits per heavy atom. The van der Waals surface area contributed by atoms with Crippen LogP contribution < -0.4 is 4.74 Å². The molecule has 1 aliphatic heterocycles. The van der Waals surface area contributed by atoms with Gasteiger partial charge in [0.05, 0.1) is 20.0 Å². The van der Waals surface area contributed by atoms with Crippen LogP contribution in [0, 0.1) is 6.92 Å². The highest BCUT2D eigenvalue weighted by Gasteiger charge is 2.24. The Morgan fingerprint density at radius 1 is 0.889 bits per heavy atom. The zero-order valence-electron chi connectivity index (χ0n) is 16.0. The van der Waals surface area contributed by atoms with E-state index in [4.69, 9.17) is 4.74 Å². The second kappa shape index (κ2) is 8.71. The van der Waals surface area contributed by atoms with Gasteiger partial charge in [0.2, 0.25) is 11.8 Å². The minimum atomic E-state index is 0.0778. The number of aryl methyl sites for hydroxylation is 1. The highest BCUT2D eigenvalue weighted by Crippen LogP contribution is 2.21. The summed E-state index contributed by atoms with van der Waals surface area (Å²) in [7, 11) is 1.62. The highest BCUT2D eigenvalue weighted by molar-refractivity contribution is 5.81. The van der Waals surface area contributed by atoms with Gasteiger partial charge in [-0.25, -0.2) is 0 Å². The Balaban J connectivity index is 1.53. The molecule has 0 radical (unpaired) electrons. The Hall–Kier alpha value is -2.82. The summed E-state index contributed by atoms with van der Waals surface area (Å²) < 4.78 is 5.37. The fourth-order valence-electron chi connectivity index (χ4n) is 3.41. The van der Waals surface area contributed by atoms with Gasteiger partial charge in [-0.1, -0.05) is 48.0 Å². The molecule has 0 bridgehead atoms. The minimum Gasteiger partial charge on any atom is -0.496 e. The molecule has 3 rings (SSSR count). The number of carbonyl (C=O) groups excluding carboxylic acids is 2. The largest absolute Gasteiger partial charge is 0.496 e. The second-order valence-corrected chi connectivity index (χ2v) is 6.92. The molecule has 0 spiro atoms. The van der Waals surface area contributed by atoms with Crippen LogP contribution in [0.5, 0.6) is 5.75 Å². The lowest BCUT2D eigenvalue weighted by molar-refractivity contribution is -0.138. The summed E-state index contributed by atoms with van der Waals surface area (Å²) in [5.74, 6) is 0.938.